The Kier molecular flexibility index (Phi) is 3.78. The first kappa shape index (κ1) is 13.7. The van der Waals surface area contributed by atoms with E-state index in [0.717, 1.165) is 17.3 Å². The minimum absolute atomic E-state index is 0.0485. The van der Waals surface area contributed by atoms with Gasteiger partial charge in [-0.1, -0.05) is 6.42 Å². The van der Waals surface area contributed by atoms with E-state index in [9.17, 15) is 0 Å². The van der Waals surface area contributed by atoms with Crippen LogP contribution in [0.1, 0.15) is 50.4 Å². The number of hydrogen-bond acceptors (Lipinski definition) is 1. The van der Waals surface area contributed by atoms with Crippen LogP contribution in [0.2, 0.25) is 0 Å². The first-order valence-corrected chi connectivity index (χ1v) is 8.41. The van der Waals surface area contributed by atoms with Crippen LogP contribution in [-0.2, 0) is 0 Å². The van der Waals surface area contributed by atoms with Gasteiger partial charge in [-0.3, -0.25) is 0 Å². The Morgan fingerprint density at radius 1 is 1.37 bits per heavy atom. The molecular formula is C15H18ClIN2. The molecule has 2 aromatic rings. The van der Waals surface area contributed by atoms with Crippen molar-refractivity contribution in [1.29, 1.82) is 0 Å². The molecule has 1 heterocycles. The highest BCUT2D eigenvalue weighted by Gasteiger charge is 2.28. The number of fused-ring (bicyclic) bond motifs is 1. The first-order valence-electron chi connectivity index (χ1n) is 6.89. The SMILES string of the molecule is CC(Cl)c1nc2cc(I)ccc2n1C(C)C1CCC1. The van der Waals surface area contributed by atoms with Crippen LogP contribution < -0.4 is 0 Å². The summed E-state index contributed by atoms with van der Waals surface area (Å²) in [6.07, 6.45) is 4.04. The normalized spacial score (nSPS) is 19.4. The number of hydrogen-bond donors (Lipinski definition) is 0. The molecule has 1 fully saturated rings. The van der Waals surface area contributed by atoms with Crippen molar-refractivity contribution in [2.24, 2.45) is 5.92 Å². The summed E-state index contributed by atoms with van der Waals surface area (Å²) in [7, 11) is 0. The molecule has 2 atom stereocenters. The van der Waals surface area contributed by atoms with Crippen LogP contribution in [0, 0.1) is 9.49 Å². The molecular weight excluding hydrogens is 371 g/mol. The highest BCUT2D eigenvalue weighted by atomic mass is 127. The summed E-state index contributed by atoms with van der Waals surface area (Å²) in [6.45, 7) is 4.32. The van der Waals surface area contributed by atoms with E-state index in [1.807, 2.05) is 6.92 Å². The second-order valence-electron chi connectivity index (χ2n) is 5.52. The van der Waals surface area contributed by atoms with Crippen molar-refractivity contribution in [2.45, 2.75) is 44.5 Å². The number of nitrogens with zero attached hydrogens (tertiary/aromatic N) is 2. The third kappa shape index (κ3) is 2.40. The Balaban J connectivity index is 2.15. The predicted molar refractivity (Wildman–Crippen MR) is 88.8 cm³/mol. The fraction of sp³-hybridized carbons (Fsp3) is 0.533. The van der Waals surface area contributed by atoms with Gasteiger partial charge in [0.2, 0.25) is 0 Å². The molecule has 2 nitrogen and oxygen atoms in total. The van der Waals surface area contributed by atoms with Crippen molar-refractivity contribution >= 4 is 45.2 Å². The number of imidazole rings is 1. The van der Waals surface area contributed by atoms with Crippen molar-refractivity contribution in [1.82, 2.24) is 9.55 Å². The number of rotatable bonds is 3. The van der Waals surface area contributed by atoms with Gasteiger partial charge in [0.25, 0.3) is 0 Å². The molecule has 2 unspecified atom stereocenters. The van der Waals surface area contributed by atoms with Crippen LogP contribution in [0.5, 0.6) is 0 Å². The smallest absolute Gasteiger partial charge is 0.127 e. The number of alkyl halides is 1. The number of benzene rings is 1. The summed E-state index contributed by atoms with van der Waals surface area (Å²) in [5.41, 5.74) is 2.29. The maximum absolute atomic E-state index is 6.34. The highest BCUT2D eigenvalue weighted by Crippen LogP contribution is 2.39. The van der Waals surface area contributed by atoms with E-state index in [1.54, 1.807) is 0 Å². The molecule has 0 spiro atoms. The summed E-state index contributed by atoms with van der Waals surface area (Å²) < 4.78 is 3.59. The van der Waals surface area contributed by atoms with E-state index in [4.69, 9.17) is 16.6 Å². The minimum atomic E-state index is -0.0485. The molecule has 0 amide bonds. The molecule has 1 aromatic heterocycles. The lowest BCUT2D eigenvalue weighted by Crippen LogP contribution is -2.24. The van der Waals surface area contributed by atoms with Crippen LogP contribution in [0.25, 0.3) is 11.0 Å². The Hall–Kier alpha value is -0.290. The maximum atomic E-state index is 6.34. The molecule has 0 aliphatic heterocycles. The second kappa shape index (κ2) is 5.24. The van der Waals surface area contributed by atoms with Crippen molar-refractivity contribution in [3.63, 3.8) is 0 Å². The summed E-state index contributed by atoms with van der Waals surface area (Å²) in [6, 6.07) is 6.97. The van der Waals surface area contributed by atoms with Crippen LogP contribution in [0.15, 0.2) is 18.2 Å². The van der Waals surface area contributed by atoms with Gasteiger partial charge < -0.3 is 4.57 Å². The van der Waals surface area contributed by atoms with Gasteiger partial charge in [0.1, 0.15) is 5.82 Å². The fourth-order valence-corrected chi connectivity index (χ4v) is 3.56. The zero-order valence-corrected chi connectivity index (χ0v) is 14.1. The van der Waals surface area contributed by atoms with E-state index >= 15 is 0 Å². The van der Waals surface area contributed by atoms with Crippen LogP contribution in [0.3, 0.4) is 0 Å². The molecule has 4 heteroatoms. The third-order valence-corrected chi connectivity index (χ3v) is 5.14. The van der Waals surface area contributed by atoms with Gasteiger partial charge >= 0.3 is 0 Å². The van der Waals surface area contributed by atoms with Crippen molar-refractivity contribution in [3.05, 3.63) is 27.6 Å². The molecule has 1 aliphatic carbocycles. The van der Waals surface area contributed by atoms with Crippen molar-refractivity contribution < 1.29 is 0 Å². The van der Waals surface area contributed by atoms with Gasteiger partial charge in [-0.15, -0.1) is 11.6 Å². The monoisotopic (exact) mass is 388 g/mol. The summed E-state index contributed by atoms with van der Waals surface area (Å²) in [4.78, 5) is 4.76. The van der Waals surface area contributed by atoms with Crippen molar-refractivity contribution in [3.8, 4) is 0 Å². The first-order chi connectivity index (χ1) is 9.08. The zero-order valence-electron chi connectivity index (χ0n) is 11.2. The molecule has 1 aliphatic rings. The zero-order chi connectivity index (χ0) is 13.6. The molecule has 19 heavy (non-hydrogen) atoms. The predicted octanol–water partition coefficient (Wildman–Crippen LogP) is 5.30. The Bertz CT molecular complexity index is 601. The summed E-state index contributed by atoms with van der Waals surface area (Å²) in [5.74, 6) is 1.80. The van der Waals surface area contributed by atoms with Gasteiger partial charge in [0.05, 0.1) is 16.4 Å². The van der Waals surface area contributed by atoms with E-state index in [0.29, 0.717) is 6.04 Å². The summed E-state index contributed by atoms with van der Waals surface area (Å²) in [5, 5.41) is -0.0485. The topological polar surface area (TPSA) is 17.8 Å². The molecule has 1 saturated carbocycles. The van der Waals surface area contributed by atoms with E-state index in [1.165, 1.54) is 28.3 Å². The quantitative estimate of drug-likeness (QED) is 0.515. The number of aromatic nitrogens is 2. The molecule has 102 valence electrons. The lowest BCUT2D eigenvalue weighted by molar-refractivity contribution is 0.223. The van der Waals surface area contributed by atoms with E-state index in [2.05, 4.69) is 52.3 Å². The fourth-order valence-electron chi connectivity index (χ4n) is 2.93. The molecule has 0 radical (unpaired) electrons. The average Bonchev–Trinajstić information content (AvgIpc) is 2.64. The minimum Gasteiger partial charge on any atom is -0.324 e. The second-order valence-corrected chi connectivity index (χ2v) is 7.42. The largest absolute Gasteiger partial charge is 0.324 e. The molecule has 0 saturated heterocycles. The van der Waals surface area contributed by atoms with Crippen LogP contribution in [0.4, 0.5) is 0 Å². The third-order valence-electron chi connectivity index (χ3n) is 4.27. The van der Waals surface area contributed by atoms with Gasteiger partial charge in [0.15, 0.2) is 0 Å². The number of halogens is 2. The maximum Gasteiger partial charge on any atom is 0.127 e. The van der Waals surface area contributed by atoms with E-state index < -0.39 is 0 Å². The molecule has 0 N–H and O–H groups in total. The lowest BCUT2D eigenvalue weighted by Gasteiger charge is -2.33. The van der Waals surface area contributed by atoms with Gasteiger partial charge in [0, 0.05) is 9.61 Å². The Morgan fingerprint density at radius 2 is 2.11 bits per heavy atom. The van der Waals surface area contributed by atoms with Crippen molar-refractivity contribution in [2.75, 3.05) is 0 Å². The van der Waals surface area contributed by atoms with Gasteiger partial charge in [-0.25, -0.2) is 4.98 Å². The summed E-state index contributed by atoms with van der Waals surface area (Å²) >= 11 is 8.68. The van der Waals surface area contributed by atoms with Gasteiger partial charge in [-0.05, 0) is 73.4 Å². The molecule has 1 aromatic carbocycles. The Morgan fingerprint density at radius 3 is 2.68 bits per heavy atom. The van der Waals surface area contributed by atoms with Crippen LogP contribution >= 0.6 is 34.2 Å². The average molecular weight is 389 g/mol. The lowest BCUT2D eigenvalue weighted by atomic mass is 9.80. The molecule has 0 bridgehead atoms. The Labute approximate surface area is 132 Å². The van der Waals surface area contributed by atoms with E-state index in [-0.39, 0.29) is 5.38 Å². The van der Waals surface area contributed by atoms with Crippen LogP contribution in [-0.4, -0.2) is 9.55 Å². The van der Waals surface area contributed by atoms with Gasteiger partial charge in [-0.2, -0.15) is 0 Å². The standard InChI is InChI=1S/C15H18ClIN2/c1-9(16)15-18-13-8-12(17)6-7-14(13)19(15)10(2)11-4-3-5-11/h6-11H,3-5H2,1-2H3. The molecule has 3 rings (SSSR count). The highest BCUT2D eigenvalue weighted by molar-refractivity contribution is 14.1.